The first-order valence-electron chi connectivity index (χ1n) is 5.97. The fourth-order valence-corrected chi connectivity index (χ4v) is 1.74. The molecule has 0 amide bonds. The SMILES string of the molecule is CC(C)Oc1ncnc(Nc2c(F)cccc2Cl)c1N. The second kappa shape index (κ2) is 5.92. The molecule has 2 rings (SSSR count). The van der Waals surface area contributed by atoms with Crippen LogP contribution in [0.4, 0.5) is 21.6 Å². The van der Waals surface area contributed by atoms with E-state index in [1.54, 1.807) is 6.07 Å². The lowest BCUT2D eigenvalue weighted by molar-refractivity contribution is 0.234. The van der Waals surface area contributed by atoms with E-state index in [0.29, 0.717) is 0 Å². The summed E-state index contributed by atoms with van der Waals surface area (Å²) >= 11 is 5.94. The molecule has 0 radical (unpaired) electrons. The van der Waals surface area contributed by atoms with Gasteiger partial charge in [0.1, 0.15) is 17.8 Å². The van der Waals surface area contributed by atoms with Gasteiger partial charge in [-0.3, -0.25) is 0 Å². The second-order valence-corrected chi connectivity index (χ2v) is 4.74. The molecular formula is C13H14ClFN4O. The van der Waals surface area contributed by atoms with Gasteiger partial charge in [-0.05, 0) is 26.0 Å². The molecule has 3 N–H and O–H groups in total. The van der Waals surface area contributed by atoms with Crippen molar-refractivity contribution in [3.05, 3.63) is 35.4 Å². The van der Waals surface area contributed by atoms with Crippen molar-refractivity contribution in [2.24, 2.45) is 0 Å². The lowest BCUT2D eigenvalue weighted by Gasteiger charge is -2.14. The minimum Gasteiger partial charge on any atom is -0.473 e. The van der Waals surface area contributed by atoms with Crippen LogP contribution in [0.1, 0.15) is 13.8 Å². The van der Waals surface area contributed by atoms with Crippen LogP contribution in [0.15, 0.2) is 24.5 Å². The molecule has 1 heterocycles. The first kappa shape index (κ1) is 14.3. The molecule has 0 unspecified atom stereocenters. The molecule has 0 aliphatic rings. The Bertz CT molecular complexity index is 601. The van der Waals surface area contributed by atoms with Gasteiger partial charge < -0.3 is 15.8 Å². The highest BCUT2D eigenvalue weighted by atomic mass is 35.5. The third kappa shape index (κ3) is 3.08. The number of nitrogens with zero attached hydrogens (tertiary/aromatic N) is 2. The van der Waals surface area contributed by atoms with Crippen molar-refractivity contribution in [2.45, 2.75) is 20.0 Å². The lowest BCUT2D eigenvalue weighted by Crippen LogP contribution is -2.11. The van der Waals surface area contributed by atoms with E-state index in [1.807, 2.05) is 13.8 Å². The number of nitrogens with two attached hydrogens (primary N) is 1. The molecule has 20 heavy (non-hydrogen) atoms. The maximum atomic E-state index is 13.7. The molecule has 0 atom stereocenters. The first-order chi connectivity index (χ1) is 9.49. The van der Waals surface area contributed by atoms with Gasteiger partial charge in [-0.2, -0.15) is 4.98 Å². The van der Waals surface area contributed by atoms with Crippen LogP contribution in [-0.2, 0) is 0 Å². The third-order valence-electron chi connectivity index (χ3n) is 2.40. The average molecular weight is 297 g/mol. The Morgan fingerprint density at radius 2 is 2.10 bits per heavy atom. The van der Waals surface area contributed by atoms with Crippen molar-refractivity contribution < 1.29 is 9.13 Å². The fraction of sp³-hybridized carbons (Fsp3) is 0.231. The number of hydrogen-bond donors (Lipinski definition) is 2. The number of halogens is 2. The molecule has 5 nitrogen and oxygen atoms in total. The molecule has 106 valence electrons. The predicted molar refractivity (Wildman–Crippen MR) is 76.9 cm³/mol. The van der Waals surface area contributed by atoms with Gasteiger partial charge in [0.15, 0.2) is 5.82 Å². The molecule has 0 bridgehead atoms. The van der Waals surface area contributed by atoms with Crippen molar-refractivity contribution >= 4 is 28.8 Å². The minimum absolute atomic E-state index is 0.0860. The number of rotatable bonds is 4. The zero-order valence-electron chi connectivity index (χ0n) is 11.0. The number of para-hydroxylation sites is 1. The van der Waals surface area contributed by atoms with Crippen LogP contribution in [-0.4, -0.2) is 16.1 Å². The van der Waals surface area contributed by atoms with Gasteiger partial charge in [0.2, 0.25) is 5.88 Å². The molecule has 7 heteroatoms. The van der Waals surface area contributed by atoms with Crippen molar-refractivity contribution in [2.75, 3.05) is 11.1 Å². The van der Waals surface area contributed by atoms with Gasteiger partial charge in [-0.1, -0.05) is 17.7 Å². The number of hydrogen-bond acceptors (Lipinski definition) is 5. The summed E-state index contributed by atoms with van der Waals surface area (Å²) in [6.07, 6.45) is 1.20. The Morgan fingerprint density at radius 3 is 2.75 bits per heavy atom. The van der Waals surface area contributed by atoms with Crippen LogP contribution in [0.3, 0.4) is 0 Å². The first-order valence-corrected chi connectivity index (χ1v) is 6.35. The molecule has 0 saturated heterocycles. The highest BCUT2D eigenvalue weighted by molar-refractivity contribution is 6.33. The van der Waals surface area contributed by atoms with Crippen molar-refractivity contribution in [3.63, 3.8) is 0 Å². The smallest absolute Gasteiger partial charge is 0.242 e. The molecule has 2 aromatic rings. The Labute approximate surface area is 120 Å². The van der Waals surface area contributed by atoms with Crippen LogP contribution in [0.2, 0.25) is 5.02 Å². The van der Waals surface area contributed by atoms with Crippen LogP contribution < -0.4 is 15.8 Å². The molecule has 0 aliphatic carbocycles. The number of nitrogen functional groups attached to an aromatic ring is 1. The largest absolute Gasteiger partial charge is 0.473 e. The summed E-state index contributed by atoms with van der Waals surface area (Å²) in [5.41, 5.74) is 6.20. The second-order valence-electron chi connectivity index (χ2n) is 4.33. The number of aromatic nitrogens is 2. The van der Waals surface area contributed by atoms with E-state index in [-0.39, 0.29) is 34.2 Å². The molecule has 0 aliphatic heterocycles. The molecular weight excluding hydrogens is 283 g/mol. The maximum absolute atomic E-state index is 13.7. The van der Waals surface area contributed by atoms with Crippen molar-refractivity contribution in [1.82, 2.24) is 9.97 Å². The quantitative estimate of drug-likeness (QED) is 0.905. The van der Waals surface area contributed by atoms with E-state index in [2.05, 4.69) is 15.3 Å². The Balaban J connectivity index is 2.35. The van der Waals surface area contributed by atoms with E-state index < -0.39 is 5.82 Å². The Morgan fingerprint density at radius 1 is 1.35 bits per heavy atom. The van der Waals surface area contributed by atoms with Crippen LogP contribution in [0.5, 0.6) is 5.88 Å². The van der Waals surface area contributed by atoms with E-state index in [4.69, 9.17) is 22.1 Å². The average Bonchev–Trinajstić information content (AvgIpc) is 2.37. The standard InChI is InChI=1S/C13H14ClFN4O/c1-7(2)20-13-10(16)12(17-6-18-13)19-11-8(14)4-3-5-9(11)15/h3-7H,16H2,1-2H3,(H,17,18,19). The zero-order valence-corrected chi connectivity index (χ0v) is 11.8. The third-order valence-corrected chi connectivity index (χ3v) is 2.72. The summed E-state index contributed by atoms with van der Waals surface area (Å²) in [5, 5.41) is 2.99. The number of ether oxygens (including phenoxy) is 1. The van der Waals surface area contributed by atoms with E-state index in [0.717, 1.165) is 0 Å². The summed E-state index contributed by atoms with van der Waals surface area (Å²) in [7, 11) is 0. The summed E-state index contributed by atoms with van der Waals surface area (Å²) in [5.74, 6) is -0.0190. The van der Waals surface area contributed by atoms with Gasteiger partial charge in [0.05, 0.1) is 16.8 Å². The summed E-state index contributed by atoms with van der Waals surface area (Å²) in [6.45, 7) is 3.70. The van der Waals surface area contributed by atoms with Gasteiger partial charge >= 0.3 is 0 Å². The van der Waals surface area contributed by atoms with E-state index >= 15 is 0 Å². The van der Waals surface area contributed by atoms with Gasteiger partial charge in [-0.25, -0.2) is 9.37 Å². The normalized spacial score (nSPS) is 10.7. The molecule has 1 aromatic heterocycles. The lowest BCUT2D eigenvalue weighted by atomic mass is 10.3. The fourth-order valence-electron chi connectivity index (χ4n) is 1.53. The number of benzene rings is 1. The minimum atomic E-state index is -0.498. The van der Waals surface area contributed by atoms with Crippen molar-refractivity contribution in [1.29, 1.82) is 0 Å². The molecule has 0 fully saturated rings. The van der Waals surface area contributed by atoms with Gasteiger partial charge in [-0.15, -0.1) is 0 Å². The topological polar surface area (TPSA) is 73.1 Å². The van der Waals surface area contributed by atoms with Crippen LogP contribution >= 0.6 is 11.6 Å². The molecule has 0 saturated carbocycles. The number of anilines is 3. The monoisotopic (exact) mass is 296 g/mol. The highest BCUT2D eigenvalue weighted by Gasteiger charge is 2.14. The summed E-state index contributed by atoms with van der Waals surface area (Å²) in [4.78, 5) is 7.91. The van der Waals surface area contributed by atoms with E-state index in [9.17, 15) is 4.39 Å². The van der Waals surface area contributed by atoms with Crippen LogP contribution in [0.25, 0.3) is 0 Å². The van der Waals surface area contributed by atoms with Crippen molar-refractivity contribution in [3.8, 4) is 5.88 Å². The summed E-state index contributed by atoms with van der Waals surface area (Å²) < 4.78 is 19.2. The Hall–Kier alpha value is -2.08. The Kier molecular flexibility index (Phi) is 4.24. The summed E-state index contributed by atoms with van der Waals surface area (Å²) in [6, 6.07) is 4.37. The molecule has 1 aromatic carbocycles. The van der Waals surface area contributed by atoms with E-state index in [1.165, 1.54) is 18.5 Å². The maximum Gasteiger partial charge on any atom is 0.242 e. The number of nitrogens with one attached hydrogen (secondary N) is 1. The zero-order chi connectivity index (χ0) is 14.7. The predicted octanol–water partition coefficient (Wildman–Crippen LogP) is 3.38. The highest BCUT2D eigenvalue weighted by Crippen LogP contribution is 2.32. The van der Waals surface area contributed by atoms with Crippen LogP contribution in [0, 0.1) is 5.82 Å². The molecule has 0 spiro atoms. The van der Waals surface area contributed by atoms with Gasteiger partial charge in [0.25, 0.3) is 0 Å². The van der Waals surface area contributed by atoms with Gasteiger partial charge in [0, 0.05) is 0 Å².